The lowest BCUT2D eigenvalue weighted by molar-refractivity contribution is -0.128. The first-order valence-corrected chi connectivity index (χ1v) is 6.44. The molecule has 2 heterocycles. The summed E-state index contributed by atoms with van der Waals surface area (Å²) in [7, 11) is 0. The van der Waals surface area contributed by atoms with Gasteiger partial charge in [-0.2, -0.15) is 0 Å². The van der Waals surface area contributed by atoms with Crippen LogP contribution in [0.5, 0.6) is 0 Å². The van der Waals surface area contributed by atoms with Gasteiger partial charge < -0.3 is 5.11 Å². The third-order valence-electron chi connectivity index (χ3n) is 3.06. The summed E-state index contributed by atoms with van der Waals surface area (Å²) in [5.41, 5.74) is 0.690. The molecule has 0 atom stereocenters. The summed E-state index contributed by atoms with van der Waals surface area (Å²) in [5.74, 6) is -1.72. The summed E-state index contributed by atoms with van der Waals surface area (Å²) in [5, 5.41) is 9.48. The maximum atomic E-state index is 11.8. The van der Waals surface area contributed by atoms with Crippen LogP contribution < -0.4 is 4.90 Å². The molecule has 6 heteroatoms. The Morgan fingerprint density at radius 1 is 1.22 bits per heavy atom. The average molecular weight is 267 g/mol. The van der Waals surface area contributed by atoms with Crippen molar-refractivity contribution in [3.8, 4) is 0 Å². The van der Waals surface area contributed by atoms with Crippen LogP contribution in [0.15, 0.2) is 0 Å². The van der Waals surface area contributed by atoms with Crippen LogP contribution in [0, 0.1) is 13.8 Å². The van der Waals surface area contributed by atoms with E-state index in [-0.39, 0.29) is 22.4 Å². The van der Waals surface area contributed by atoms with Crippen molar-refractivity contribution in [3.05, 3.63) is 16.0 Å². The van der Waals surface area contributed by atoms with Gasteiger partial charge in [-0.1, -0.05) is 0 Å². The summed E-state index contributed by atoms with van der Waals surface area (Å²) in [4.78, 5) is 36.8. The van der Waals surface area contributed by atoms with Crippen LogP contribution >= 0.6 is 11.3 Å². The number of aryl methyl sites for hydroxylation is 1. The summed E-state index contributed by atoms with van der Waals surface area (Å²) >= 11 is 1.19. The number of nitrogens with zero attached hydrogens (tertiary/aromatic N) is 1. The van der Waals surface area contributed by atoms with Crippen LogP contribution in [0.3, 0.4) is 0 Å². The van der Waals surface area contributed by atoms with Gasteiger partial charge in [-0.3, -0.25) is 9.59 Å². The van der Waals surface area contributed by atoms with Gasteiger partial charge in [-0.05, 0) is 25.8 Å². The number of carboxylic acids is 1. The highest BCUT2D eigenvalue weighted by Gasteiger charge is 2.33. The summed E-state index contributed by atoms with van der Waals surface area (Å²) in [6.07, 6.45) is 1.13. The molecule has 1 saturated heterocycles. The molecule has 0 aliphatic carbocycles. The second-order valence-electron chi connectivity index (χ2n) is 4.24. The van der Waals surface area contributed by atoms with E-state index in [1.54, 1.807) is 13.8 Å². The number of rotatable bonds is 2. The summed E-state index contributed by atoms with van der Waals surface area (Å²) < 4.78 is 0. The number of thiophene rings is 1. The number of carbonyl (C=O) groups excluding carboxylic acids is 2. The first kappa shape index (κ1) is 12.8. The van der Waals surface area contributed by atoms with E-state index in [2.05, 4.69) is 0 Å². The smallest absolute Gasteiger partial charge is 0.339 e. The van der Waals surface area contributed by atoms with E-state index in [1.165, 1.54) is 11.3 Å². The van der Waals surface area contributed by atoms with Crippen LogP contribution in [-0.4, -0.2) is 22.9 Å². The molecule has 2 rings (SSSR count). The van der Waals surface area contributed by atoms with Crippen LogP contribution in [0.25, 0.3) is 0 Å². The normalized spacial score (nSPS) is 16.2. The van der Waals surface area contributed by atoms with Gasteiger partial charge in [0, 0.05) is 17.7 Å². The molecule has 1 aliphatic heterocycles. The molecule has 0 bridgehead atoms. The molecule has 1 aromatic heterocycles. The Kier molecular flexibility index (Phi) is 3.21. The summed E-state index contributed by atoms with van der Waals surface area (Å²) in [6.45, 7) is 3.48. The Hall–Kier alpha value is -1.69. The van der Waals surface area contributed by atoms with Crippen molar-refractivity contribution in [1.29, 1.82) is 0 Å². The Labute approximate surface area is 108 Å². The maximum Gasteiger partial charge on any atom is 0.339 e. The number of aromatic carboxylic acids is 1. The van der Waals surface area contributed by atoms with Gasteiger partial charge in [0.1, 0.15) is 5.00 Å². The minimum absolute atomic E-state index is 0.0705. The van der Waals surface area contributed by atoms with Gasteiger partial charge in [-0.15, -0.1) is 11.3 Å². The Bertz CT molecular complexity index is 531. The fraction of sp³-hybridized carbons (Fsp3) is 0.417. The van der Waals surface area contributed by atoms with Crippen LogP contribution in [0.4, 0.5) is 5.00 Å². The third kappa shape index (κ3) is 1.92. The average Bonchev–Trinajstić information content (AvgIpc) is 2.55. The number of hydrogen-bond acceptors (Lipinski definition) is 4. The van der Waals surface area contributed by atoms with E-state index in [0.29, 0.717) is 24.8 Å². The molecule has 0 spiro atoms. The fourth-order valence-corrected chi connectivity index (χ4v) is 3.18. The minimum Gasteiger partial charge on any atom is -0.478 e. The number of anilines is 1. The van der Waals surface area contributed by atoms with E-state index < -0.39 is 5.97 Å². The van der Waals surface area contributed by atoms with Crippen molar-refractivity contribution in [3.63, 3.8) is 0 Å². The van der Waals surface area contributed by atoms with Gasteiger partial charge in [0.2, 0.25) is 11.8 Å². The largest absolute Gasteiger partial charge is 0.478 e. The topological polar surface area (TPSA) is 74.7 Å². The Morgan fingerprint density at radius 2 is 1.78 bits per heavy atom. The number of piperidine rings is 1. The van der Waals surface area contributed by atoms with Crippen LogP contribution in [-0.2, 0) is 9.59 Å². The lowest BCUT2D eigenvalue weighted by Gasteiger charge is -2.24. The zero-order valence-corrected chi connectivity index (χ0v) is 11.0. The van der Waals surface area contributed by atoms with Crippen molar-refractivity contribution < 1.29 is 19.5 Å². The fourth-order valence-electron chi connectivity index (χ4n) is 2.00. The van der Waals surface area contributed by atoms with E-state index in [1.807, 2.05) is 0 Å². The number of imide groups is 1. The lowest BCUT2D eigenvalue weighted by atomic mass is 10.1. The molecule has 1 fully saturated rings. The molecular formula is C12H13NO4S. The molecule has 0 saturated carbocycles. The van der Waals surface area contributed by atoms with Crippen molar-refractivity contribution in [2.24, 2.45) is 0 Å². The molecule has 0 radical (unpaired) electrons. The van der Waals surface area contributed by atoms with Crippen molar-refractivity contribution in [2.75, 3.05) is 4.90 Å². The second kappa shape index (κ2) is 4.53. The minimum atomic E-state index is -1.10. The Balaban J connectivity index is 2.56. The lowest BCUT2D eigenvalue weighted by Crippen LogP contribution is -2.40. The van der Waals surface area contributed by atoms with Crippen LogP contribution in [0.1, 0.15) is 40.1 Å². The molecule has 0 aromatic carbocycles. The first-order chi connectivity index (χ1) is 8.43. The molecule has 2 amide bonds. The monoisotopic (exact) mass is 267 g/mol. The highest BCUT2D eigenvalue weighted by atomic mass is 32.1. The van der Waals surface area contributed by atoms with E-state index in [4.69, 9.17) is 0 Å². The molecule has 1 aromatic rings. The number of hydrogen-bond donors (Lipinski definition) is 1. The molecule has 1 aliphatic rings. The van der Waals surface area contributed by atoms with Gasteiger partial charge in [-0.25, -0.2) is 9.69 Å². The molecular weight excluding hydrogens is 254 g/mol. The Morgan fingerprint density at radius 3 is 2.28 bits per heavy atom. The first-order valence-electron chi connectivity index (χ1n) is 5.62. The second-order valence-corrected chi connectivity index (χ2v) is 5.45. The maximum absolute atomic E-state index is 11.8. The van der Waals surface area contributed by atoms with E-state index >= 15 is 0 Å². The predicted octanol–water partition coefficient (Wildman–Crippen LogP) is 2.11. The summed E-state index contributed by atoms with van der Waals surface area (Å²) in [6, 6.07) is 0. The van der Waals surface area contributed by atoms with Gasteiger partial charge >= 0.3 is 5.97 Å². The molecule has 5 nitrogen and oxygen atoms in total. The quantitative estimate of drug-likeness (QED) is 0.833. The van der Waals surface area contributed by atoms with E-state index in [9.17, 15) is 19.5 Å². The molecule has 18 heavy (non-hydrogen) atoms. The highest BCUT2D eigenvalue weighted by molar-refractivity contribution is 7.17. The zero-order chi connectivity index (χ0) is 13.4. The number of carbonyl (C=O) groups is 3. The highest BCUT2D eigenvalue weighted by Crippen LogP contribution is 2.37. The molecule has 1 N–H and O–H groups in total. The number of amides is 2. The third-order valence-corrected chi connectivity index (χ3v) is 4.26. The SMILES string of the molecule is Cc1sc(N2C(=O)CCCC2=O)c(C(=O)O)c1C. The van der Waals surface area contributed by atoms with Crippen molar-refractivity contribution >= 4 is 34.1 Å². The predicted molar refractivity (Wildman–Crippen MR) is 67.1 cm³/mol. The van der Waals surface area contributed by atoms with Crippen molar-refractivity contribution in [1.82, 2.24) is 0 Å². The van der Waals surface area contributed by atoms with Gasteiger partial charge in [0.05, 0.1) is 5.56 Å². The zero-order valence-electron chi connectivity index (χ0n) is 10.1. The molecule has 0 unspecified atom stereocenters. The van der Waals surface area contributed by atoms with Gasteiger partial charge in [0.25, 0.3) is 0 Å². The molecule has 96 valence electrons. The number of carboxylic acid groups (broad SMARTS) is 1. The van der Waals surface area contributed by atoms with Gasteiger partial charge in [0.15, 0.2) is 0 Å². The van der Waals surface area contributed by atoms with Crippen molar-refractivity contribution in [2.45, 2.75) is 33.1 Å². The standard InChI is InChI=1S/C12H13NO4S/c1-6-7(2)18-11(10(6)12(16)17)13-8(14)4-3-5-9(13)15/h3-5H2,1-2H3,(H,16,17). The van der Waals surface area contributed by atoms with E-state index in [0.717, 1.165) is 9.78 Å². The van der Waals surface area contributed by atoms with Crippen LogP contribution in [0.2, 0.25) is 0 Å².